The Morgan fingerprint density at radius 2 is 1.94 bits per heavy atom. The highest BCUT2D eigenvalue weighted by Gasteiger charge is 2.26. The zero-order valence-electron chi connectivity index (χ0n) is 12.1. The number of thioether (sulfide) groups is 1. The third-order valence-corrected chi connectivity index (χ3v) is 5.74. The molecule has 0 aliphatic carbocycles. The van der Waals surface area contributed by atoms with Crippen LogP contribution in [-0.4, -0.2) is 68.8 Å². The van der Waals surface area contributed by atoms with Crippen LogP contribution in [0, 0.1) is 0 Å². The number of hydrogen-bond acceptors (Lipinski definition) is 4. The monoisotopic (exact) mass is 297 g/mol. The first kappa shape index (κ1) is 18.2. The van der Waals surface area contributed by atoms with Crippen molar-refractivity contribution >= 4 is 22.0 Å². The van der Waals surface area contributed by atoms with Gasteiger partial charge in [-0.1, -0.05) is 6.92 Å². The molecule has 0 fully saturated rings. The predicted molar refractivity (Wildman–Crippen MR) is 80.3 cm³/mol. The first-order chi connectivity index (χ1) is 8.37. The quantitative estimate of drug-likeness (QED) is 0.607. The number of nitrogens with one attached hydrogen (secondary N) is 1. The van der Waals surface area contributed by atoms with E-state index >= 15 is 0 Å². The second-order valence-electron chi connectivity index (χ2n) is 4.36. The number of nitrogens with zero attached hydrogens (tertiary/aromatic N) is 2. The lowest BCUT2D eigenvalue weighted by molar-refractivity contribution is 0.357. The summed E-state index contributed by atoms with van der Waals surface area (Å²) in [5.74, 6) is 0.807. The van der Waals surface area contributed by atoms with Gasteiger partial charge in [0.2, 0.25) is 0 Å². The Hall–Kier alpha value is 0.180. The van der Waals surface area contributed by atoms with E-state index in [9.17, 15) is 8.42 Å². The second-order valence-corrected chi connectivity index (χ2v) is 7.36. The smallest absolute Gasteiger partial charge is 0.281 e. The van der Waals surface area contributed by atoms with Crippen LogP contribution in [0.3, 0.4) is 0 Å². The van der Waals surface area contributed by atoms with Crippen molar-refractivity contribution in [2.45, 2.75) is 26.3 Å². The van der Waals surface area contributed by atoms with Gasteiger partial charge in [0, 0.05) is 32.4 Å². The van der Waals surface area contributed by atoms with Gasteiger partial charge in [-0.05, 0) is 32.7 Å². The van der Waals surface area contributed by atoms with Gasteiger partial charge in [0.05, 0.1) is 0 Å². The largest absolute Gasteiger partial charge is 0.317 e. The SMILES string of the molecule is CCNCCCN(C)S(=O)(=O)N(C)C(C)CSC. The zero-order chi connectivity index (χ0) is 14.2. The molecule has 0 rings (SSSR count). The molecule has 0 amide bonds. The van der Waals surface area contributed by atoms with Crippen LogP contribution in [0.2, 0.25) is 0 Å². The van der Waals surface area contributed by atoms with Crippen LogP contribution in [0.1, 0.15) is 20.3 Å². The van der Waals surface area contributed by atoms with Gasteiger partial charge in [0.25, 0.3) is 10.2 Å². The van der Waals surface area contributed by atoms with Gasteiger partial charge in [-0.2, -0.15) is 28.8 Å². The molecule has 0 saturated heterocycles. The zero-order valence-corrected chi connectivity index (χ0v) is 13.8. The molecule has 1 unspecified atom stereocenters. The Bertz CT molecular complexity index is 309. The minimum Gasteiger partial charge on any atom is -0.317 e. The summed E-state index contributed by atoms with van der Waals surface area (Å²) in [6.45, 7) is 6.28. The fourth-order valence-corrected chi connectivity index (χ4v) is 3.64. The Balaban J connectivity index is 4.33. The summed E-state index contributed by atoms with van der Waals surface area (Å²) in [6, 6.07) is 0.0150. The molecule has 0 aromatic carbocycles. The van der Waals surface area contributed by atoms with E-state index < -0.39 is 10.2 Å². The number of hydrogen-bond donors (Lipinski definition) is 1. The fraction of sp³-hybridized carbons (Fsp3) is 1.00. The molecule has 0 aromatic rings. The fourth-order valence-electron chi connectivity index (χ4n) is 1.51. The van der Waals surface area contributed by atoms with Gasteiger partial charge in [0.15, 0.2) is 0 Å². The van der Waals surface area contributed by atoms with E-state index in [1.165, 1.54) is 8.61 Å². The molecular formula is C11H27N3O2S2. The van der Waals surface area contributed by atoms with Crippen molar-refractivity contribution in [3.05, 3.63) is 0 Å². The highest BCUT2D eigenvalue weighted by Crippen LogP contribution is 2.11. The van der Waals surface area contributed by atoms with E-state index in [-0.39, 0.29) is 6.04 Å². The van der Waals surface area contributed by atoms with Gasteiger partial charge >= 0.3 is 0 Å². The van der Waals surface area contributed by atoms with Crippen molar-refractivity contribution in [3.63, 3.8) is 0 Å². The maximum atomic E-state index is 12.2. The topological polar surface area (TPSA) is 52.7 Å². The summed E-state index contributed by atoms with van der Waals surface area (Å²) >= 11 is 1.66. The van der Waals surface area contributed by atoms with Crippen molar-refractivity contribution in [2.24, 2.45) is 0 Å². The van der Waals surface area contributed by atoms with E-state index in [1.807, 2.05) is 20.1 Å². The molecule has 7 heteroatoms. The Kier molecular flexibility index (Phi) is 9.23. The average molecular weight is 297 g/mol. The molecule has 0 spiro atoms. The average Bonchev–Trinajstić information content (AvgIpc) is 2.33. The lowest BCUT2D eigenvalue weighted by atomic mass is 10.4. The molecule has 0 bridgehead atoms. The highest BCUT2D eigenvalue weighted by atomic mass is 32.2. The van der Waals surface area contributed by atoms with Crippen molar-refractivity contribution in [2.75, 3.05) is 45.7 Å². The van der Waals surface area contributed by atoms with E-state index in [1.54, 1.807) is 25.9 Å². The van der Waals surface area contributed by atoms with Crippen LogP contribution >= 0.6 is 11.8 Å². The minimum atomic E-state index is -3.32. The Morgan fingerprint density at radius 1 is 1.33 bits per heavy atom. The van der Waals surface area contributed by atoms with Crippen LogP contribution < -0.4 is 5.32 Å². The van der Waals surface area contributed by atoms with E-state index in [2.05, 4.69) is 5.32 Å². The van der Waals surface area contributed by atoms with Crippen molar-refractivity contribution in [3.8, 4) is 0 Å². The van der Waals surface area contributed by atoms with Gasteiger partial charge < -0.3 is 5.32 Å². The van der Waals surface area contributed by atoms with Crippen LogP contribution in [-0.2, 0) is 10.2 Å². The van der Waals surface area contributed by atoms with Gasteiger partial charge in [0.1, 0.15) is 0 Å². The van der Waals surface area contributed by atoms with Crippen LogP contribution in [0.4, 0.5) is 0 Å². The first-order valence-electron chi connectivity index (χ1n) is 6.26. The molecule has 0 aliphatic rings. The standard InChI is InChI=1S/C11H27N3O2S2/c1-6-12-8-7-9-13(3)18(15,16)14(4)11(2)10-17-5/h11-12H,6-10H2,1-5H3. The van der Waals surface area contributed by atoms with E-state index in [0.717, 1.165) is 25.3 Å². The molecular weight excluding hydrogens is 270 g/mol. The molecule has 18 heavy (non-hydrogen) atoms. The van der Waals surface area contributed by atoms with Gasteiger partial charge in [-0.3, -0.25) is 0 Å². The van der Waals surface area contributed by atoms with Crippen LogP contribution in [0.25, 0.3) is 0 Å². The summed E-state index contributed by atoms with van der Waals surface area (Å²) in [5.41, 5.74) is 0. The third-order valence-electron chi connectivity index (χ3n) is 2.86. The minimum absolute atomic E-state index is 0.0150. The molecule has 1 atom stereocenters. The van der Waals surface area contributed by atoms with Gasteiger partial charge in [-0.25, -0.2) is 0 Å². The molecule has 110 valence electrons. The lowest BCUT2D eigenvalue weighted by Crippen LogP contribution is -2.45. The highest BCUT2D eigenvalue weighted by molar-refractivity contribution is 7.98. The molecule has 0 saturated carbocycles. The predicted octanol–water partition coefficient (Wildman–Crippen LogP) is 0.846. The maximum absolute atomic E-state index is 12.2. The molecule has 0 radical (unpaired) electrons. The van der Waals surface area contributed by atoms with Crippen molar-refractivity contribution < 1.29 is 8.42 Å². The van der Waals surface area contributed by atoms with Crippen LogP contribution in [0.15, 0.2) is 0 Å². The summed E-state index contributed by atoms with van der Waals surface area (Å²) < 4.78 is 27.4. The van der Waals surface area contributed by atoms with Crippen molar-refractivity contribution in [1.82, 2.24) is 13.9 Å². The molecule has 0 heterocycles. The Labute approximate surface area is 116 Å². The van der Waals surface area contributed by atoms with Gasteiger partial charge in [-0.15, -0.1) is 0 Å². The maximum Gasteiger partial charge on any atom is 0.281 e. The first-order valence-corrected chi connectivity index (χ1v) is 9.05. The Morgan fingerprint density at radius 3 is 2.44 bits per heavy atom. The second kappa shape index (κ2) is 9.14. The summed E-state index contributed by atoms with van der Waals surface area (Å²) in [6.07, 6.45) is 2.81. The summed E-state index contributed by atoms with van der Waals surface area (Å²) in [7, 11) is -0.0298. The number of rotatable bonds is 10. The molecule has 0 aliphatic heterocycles. The third kappa shape index (κ3) is 5.88. The molecule has 1 N–H and O–H groups in total. The normalized spacial score (nSPS) is 14.4. The van der Waals surface area contributed by atoms with Crippen LogP contribution in [0.5, 0.6) is 0 Å². The lowest BCUT2D eigenvalue weighted by Gasteiger charge is -2.28. The summed E-state index contributed by atoms with van der Waals surface area (Å²) in [5, 5.41) is 3.19. The van der Waals surface area contributed by atoms with E-state index in [4.69, 9.17) is 0 Å². The summed E-state index contributed by atoms with van der Waals surface area (Å²) in [4.78, 5) is 0. The molecule has 5 nitrogen and oxygen atoms in total. The molecule has 0 aromatic heterocycles. The van der Waals surface area contributed by atoms with E-state index in [0.29, 0.717) is 6.54 Å². The van der Waals surface area contributed by atoms with Crippen molar-refractivity contribution in [1.29, 1.82) is 0 Å².